The second-order valence-corrected chi connectivity index (χ2v) is 7.13. The number of halogens is 1. The highest BCUT2D eigenvalue weighted by molar-refractivity contribution is 6.31. The lowest BCUT2D eigenvalue weighted by atomic mass is 9.72. The predicted molar refractivity (Wildman–Crippen MR) is 88.3 cm³/mol. The van der Waals surface area contributed by atoms with Gasteiger partial charge in [-0.1, -0.05) is 44.5 Å². The van der Waals surface area contributed by atoms with Gasteiger partial charge in [0.15, 0.2) is 0 Å². The summed E-state index contributed by atoms with van der Waals surface area (Å²) in [5.41, 5.74) is 2.52. The Kier molecular flexibility index (Phi) is 5.51. The fraction of sp³-hybridized carbons (Fsp3) is 0.667. The average Bonchev–Trinajstić information content (AvgIpc) is 2.38. The van der Waals surface area contributed by atoms with Crippen LogP contribution in [0, 0.1) is 24.7 Å². The first-order valence-corrected chi connectivity index (χ1v) is 8.38. The van der Waals surface area contributed by atoms with Crippen molar-refractivity contribution in [3.05, 3.63) is 34.3 Å². The van der Waals surface area contributed by atoms with Gasteiger partial charge in [-0.25, -0.2) is 0 Å². The SMILES string of the molecule is CCNC(c1ccc(C)c(Cl)c1)C1CC(C)CC(C)C1. The molecule has 0 heterocycles. The molecule has 0 spiro atoms. The Balaban J connectivity index is 2.23. The smallest absolute Gasteiger partial charge is 0.0438 e. The van der Waals surface area contributed by atoms with E-state index in [4.69, 9.17) is 11.6 Å². The van der Waals surface area contributed by atoms with Crippen LogP contribution in [0.4, 0.5) is 0 Å². The summed E-state index contributed by atoms with van der Waals surface area (Å²) in [5.74, 6) is 2.41. The molecule has 0 amide bonds. The second kappa shape index (κ2) is 6.95. The standard InChI is InChI=1S/C18H28ClN/c1-5-20-18(15-7-6-14(4)17(19)11-15)16-9-12(2)8-13(3)10-16/h6-7,11-13,16,18,20H,5,8-10H2,1-4H3. The van der Waals surface area contributed by atoms with Crippen LogP contribution in [-0.2, 0) is 0 Å². The van der Waals surface area contributed by atoms with Crippen molar-refractivity contribution in [1.29, 1.82) is 0 Å². The van der Waals surface area contributed by atoms with Gasteiger partial charge in [-0.15, -0.1) is 0 Å². The first kappa shape index (κ1) is 15.9. The molecule has 0 radical (unpaired) electrons. The Morgan fingerprint density at radius 1 is 1.20 bits per heavy atom. The van der Waals surface area contributed by atoms with E-state index in [9.17, 15) is 0 Å². The van der Waals surface area contributed by atoms with Gasteiger partial charge >= 0.3 is 0 Å². The van der Waals surface area contributed by atoms with Crippen molar-refractivity contribution < 1.29 is 0 Å². The zero-order valence-corrected chi connectivity index (χ0v) is 14.0. The van der Waals surface area contributed by atoms with E-state index in [0.29, 0.717) is 6.04 Å². The van der Waals surface area contributed by atoms with Gasteiger partial charge in [-0.05, 0) is 67.7 Å². The van der Waals surface area contributed by atoms with Crippen molar-refractivity contribution in [3.63, 3.8) is 0 Å². The summed E-state index contributed by atoms with van der Waals surface area (Å²) in [7, 11) is 0. The highest BCUT2D eigenvalue weighted by atomic mass is 35.5. The van der Waals surface area contributed by atoms with Crippen LogP contribution in [0.1, 0.15) is 57.2 Å². The van der Waals surface area contributed by atoms with E-state index in [0.717, 1.165) is 34.9 Å². The third-order valence-electron chi connectivity index (χ3n) is 4.67. The van der Waals surface area contributed by atoms with Crippen LogP contribution in [0.5, 0.6) is 0 Å². The Morgan fingerprint density at radius 2 is 1.85 bits per heavy atom. The van der Waals surface area contributed by atoms with E-state index >= 15 is 0 Å². The van der Waals surface area contributed by atoms with Gasteiger partial charge in [-0.2, -0.15) is 0 Å². The molecule has 1 aromatic rings. The molecule has 3 unspecified atom stereocenters. The molecule has 1 aliphatic rings. The Hall–Kier alpha value is -0.530. The molecule has 1 aliphatic carbocycles. The summed E-state index contributed by atoms with van der Waals surface area (Å²) in [6, 6.07) is 7.01. The molecule has 112 valence electrons. The lowest BCUT2D eigenvalue weighted by Crippen LogP contribution is -2.33. The van der Waals surface area contributed by atoms with E-state index in [1.165, 1.54) is 24.8 Å². The lowest BCUT2D eigenvalue weighted by molar-refractivity contribution is 0.177. The van der Waals surface area contributed by atoms with Gasteiger partial charge in [0.25, 0.3) is 0 Å². The molecule has 0 bridgehead atoms. The highest BCUT2D eigenvalue weighted by Gasteiger charge is 2.30. The number of hydrogen-bond acceptors (Lipinski definition) is 1. The molecule has 1 aromatic carbocycles. The number of hydrogen-bond donors (Lipinski definition) is 1. The van der Waals surface area contributed by atoms with E-state index in [-0.39, 0.29) is 0 Å². The highest BCUT2D eigenvalue weighted by Crippen LogP contribution is 2.40. The molecule has 0 saturated heterocycles. The molecule has 2 heteroatoms. The van der Waals surface area contributed by atoms with Crippen molar-refractivity contribution in [2.75, 3.05) is 6.54 Å². The molecular weight excluding hydrogens is 266 g/mol. The minimum absolute atomic E-state index is 0.448. The summed E-state index contributed by atoms with van der Waals surface area (Å²) in [4.78, 5) is 0. The van der Waals surface area contributed by atoms with Crippen LogP contribution in [0.25, 0.3) is 0 Å². The fourth-order valence-electron chi connectivity index (χ4n) is 3.86. The van der Waals surface area contributed by atoms with E-state index in [1.807, 2.05) is 0 Å². The molecule has 3 atom stereocenters. The van der Waals surface area contributed by atoms with Gasteiger partial charge in [-0.3, -0.25) is 0 Å². The zero-order valence-electron chi connectivity index (χ0n) is 13.2. The number of nitrogens with one attached hydrogen (secondary N) is 1. The van der Waals surface area contributed by atoms with Gasteiger partial charge < -0.3 is 5.32 Å². The van der Waals surface area contributed by atoms with Crippen LogP contribution >= 0.6 is 11.6 Å². The third kappa shape index (κ3) is 3.77. The van der Waals surface area contributed by atoms with Crippen molar-refractivity contribution >= 4 is 11.6 Å². The summed E-state index contributed by atoms with van der Waals surface area (Å²) < 4.78 is 0. The monoisotopic (exact) mass is 293 g/mol. The molecule has 2 rings (SSSR count). The first-order chi connectivity index (χ1) is 9.51. The maximum Gasteiger partial charge on any atom is 0.0438 e. The molecule has 1 nitrogen and oxygen atoms in total. The van der Waals surface area contributed by atoms with Crippen LogP contribution in [0.15, 0.2) is 18.2 Å². The molecule has 1 N–H and O–H groups in total. The van der Waals surface area contributed by atoms with Gasteiger partial charge in [0.2, 0.25) is 0 Å². The molecule has 1 saturated carbocycles. The van der Waals surface area contributed by atoms with Crippen LogP contribution in [-0.4, -0.2) is 6.54 Å². The Bertz CT molecular complexity index is 433. The minimum atomic E-state index is 0.448. The Morgan fingerprint density at radius 3 is 2.40 bits per heavy atom. The largest absolute Gasteiger partial charge is 0.310 e. The number of benzene rings is 1. The van der Waals surface area contributed by atoms with Crippen molar-refractivity contribution in [1.82, 2.24) is 5.32 Å². The van der Waals surface area contributed by atoms with Gasteiger partial charge in [0.05, 0.1) is 0 Å². The second-order valence-electron chi connectivity index (χ2n) is 6.72. The molecule has 0 aromatic heterocycles. The maximum atomic E-state index is 6.33. The normalized spacial score (nSPS) is 28.4. The maximum absolute atomic E-state index is 6.33. The van der Waals surface area contributed by atoms with Crippen molar-refractivity contribution in [2.45, 2.75) is 53.0 Å². The molecule has 1 fully saturated rings. The third-order valence-corrected chi connectivity index (χ3v) is 5.07. The van der Waals surface area contributed by atoms with E-state index < -0.39 is 0 Å². The summed E-state index contributed by atoms with van der Waals surface area (Å²) in [6.07, 6.45) is 4.03. The van der Waals surface area contributed by atoms with Gasteiger partial charge in [0.1, 0.15) is 0 Å². The average molecular weight is 294 g/mol. The summed E-state index contributed by atoms with van der Waals surface area (Å²) >= 11 is 6.33. The molecule has 0 aliphatic heterocycles. The van der Waals surface area contributed by atoms with Crippen molar-refractivity contribution in [3.8, 4) is 0 Å². The van der Waals surface area contributed by atoms with Crippen LogP contribution < -0.4 is 5.32 Å². The van der Waals surface area contributed by atoms with E-state index in [1.54, 1.807) is 0 Å². The lowest BCUT2D eigenvalue weighted by Gasteiger charge is -2.37. The van der Waals surface area contributed by atoms with Gasteiger partial charge in [0, 0.05) is 11.1 Å². The van der Waals surface area contributed by atoms with Crippen LogP contribution in [0.2, 0.25) is 5.02 Å². The summed E-state index contributed by atoms with van der Waals surface area (Å²) in [6.45, 7) is 10.1. The molecular formula is C18H28ClN. The number of rotatable bonds is 4. The van der Waals surface area contributed by atoms with Crippen LogP contribution in [0.3, 0.4) is 0 Å². The van der Waals surface area contributed by atoms with E-state index in [2.05, 4.69) is 51.2 Å². The summed E-state index contributed by atoms with van der Waals surface area (Å²) in [5, 5.41) is 4.59. The quantitative estimate of drug-likeness (QED) is 0.787. The molecule has 20 heavy (non-hydrogen) atoms. The fourth-order valence-corrected chi connectivity index (χ4v) is 4.05. The van der Waals surface area contributed by atoms with Crippen molar-refractivity contribution in [2.24, 2.45) is 17.8 Å². The Labute approximate surface area is 129 Å². The first-order valence-electron chi connectivity index (χ1n) is 8.00. The number of aryl methyl sites for hydroxylation is 1. The zero-order chi connectivity index (χ0) is 14.7. The predicted octanol–water partition coefficient (Wildman–Crippen LogP) is 5.37. The topological polar surface area (TPSA) is 12.0 Å². The minimum Gasteiger partial charge on any atom is -0.310 e.